The van der Waals surface area contributed by atoms with Crippen molar-refractivity contribution < 1.29 is 19.1 Å². The Morgan fingerprint density at radius 1 is 1.03 bits per heavy atom. The van der Waals surface area contributed by atoms with E-state index in [-0.39, 0.29) is 11.9 Å². The Balaban J connectivity index is 1.81. The van der Waals surface area contributed by atoms with E-state index in [1.54, 1.807) is 32.2 Å². The molecule has 0 aliphatic carbocycles. The lowest BCUT2D eigenvalue weighted by Gasteiger charge is -2.31. The van der Waals surface area contributed by atoms with Gasteiger partial charge in [0.05, 0.1) is 38.1 Å². The minimum absolute atomic E-state index is 0.130. The van der Waals surface area contributed by atoms with Crippen molar-refractivity contribution in [3.8, 4) is 11.5 Å². The molecule has 0 saturated carbocycles. The molecule has 1 N–H and O–H groups in total. The molecule has 2 aromatic rings. The van der Waals surface area contributed by atoms with Gasteiger partial charge in [-0.15, -0.1) is 0 Å². The van der Waals surface area contributed by atoms with Crippen LogP contribution in [-0.4, -0.2) is 44.7 Å². The number of rotatable bonds is 4. The quantitative estimate of drug-likeness (QED) is 0.844. The van der Waals surface area contributed by atoms with Crippen molar-refractivity contribution in [3.05, 3.63) is 64.4 Å². The SMILES string of the molecule is COc1cccc(C2NC(=O)N(C)C3=C2C(=O)N(c2ccc(C)c(C)c2)C3)c1OC. The fraction of sp³-hybridized carbons (Fsp3) is 0.304. The topological polar surface area (TPSA) is 71.1 Å². The number of nitrogens with zero attached hydrogens (tertiary/aromatic N) is 2. The number of anilines is 1. The fourth-order valence-corrected chi connectivity index (χ4v) is 4.04. The summed E-state index contributed by atoms with van der Waals surface area (Å²) in [6.45, 7) is 4.40. The third kappa shape index (κ3) is 2.98. The molecule has 1 unspecified atom stereocenters. The zero-order valence-corrected chi connectivity index (χ0v) is 17.8. The Bertz CT molecular complexity index is 1080. The van der Waals surface area contributed by atoms with Crippen molar-refractivity contribution in [1.29, 1.82) is 0 Å². The number of para-hydroxylation sites is 1. The van der Waals surface area contributed by atoms with E-state index in [0.717, 1.165) is 16.8 Å². The normalized spacial score (nSPS) is 18.5. The molecule has 0 bridgehead atoms. The summed E-state index contributed by atoms with van der Waals surface area (Å²) in [5.41, 5.74) is 5.00. The van der Waals surface area contributed by atoms with E-state index >= 15 is 0 Å². The molecule has 0 spiro atoms. The van der Waals surface area contributed by atoms with Gasteiger partial charge in [-0.1, -0.05) is 18.2 Å². The largest absolute Gasteiger partial charge is 0.493 e. The molecule has 4 rings (SSSR count). The molecule has 2 aliphatic rings. The second kappa shape index (κ2) is 7.40. The van der Waals surface area contributed by atoms with Crippen LogP contribution in [0, 0.1) is 13.8 Å². The first kappa shape index (κ1) is 19.8. The third-order valence-electron chi connectivity index (χ3n) is 5.91. The summed E-state index contributed by atoms with van der Waals surface area (Å²) >= 11 is 0. The molecule has 2 heterocycles. The number of benzene rings is 2. The number of carbonyl (C=O) groups excluding carboxylic acids is 2. The molecular formula is C23H25N3O4. The maximum Gasteiger partial charge on any atom is 0.322 e. The molecule has 2 aromatic carbocycles. The molecule has 7 heteroatoms. The van der Waals surface area contributed by atoms with Crippen LogP contribution in [0.4, 0.5) is 10.5 Å². The van der Waals surface area contributed by atoms with Gasteiger partial charge in [0.25, 0.3) is 5.91 Å². The maximum atomic E-state index is 13.5. The highest BCUT2D eigenvalue weighted by atomic mass is 16.5. The lowest BCUT2D eigenvalue weighted by molar-refractivity contribution is -0.114. The summed E-state index contributed by atoms with van der Waals surface area (Å²) < 4.78 is 11.0. The Morgan fingerprint density at radius 3 is 2.47 bits per heavy atom. The first-order valence-electron chi connectivity index (χ1n) is 9.74. The van der Waals surface area contributed by atoms with Gasteiger partial charge in [0.15, 0.2) is 11.5 Å². The molecule has 0 saturated heterocycles. The fourth-order valence-electron chi connectivity index (χ4n) is 4.04. The van der Waals surface area contributed by atoms with Crippen LogP contribution in [0.1, 0.15) is 22.7 Å². The predicted molar refractivity (Wildman–Crippen MR) is 114 cm³/mol. The van der Waals surface area contributed by atoms with Gasteiger partial charge >= 0.3 is 6.03 Å². The van der Waals surface area contributed by atoms with Gasteiger partial charge in [-0.2, -0.15) is 0 Å². The number of urea groups is 1. The van der Waals surface area contributed by atoms with Gasteiger partial charge in [-0.25, -0.2) is 4.79 Å². The number of carbonyl (C=O) groups is 2. The summed E-state index contributed by atoms with van der Waals surface area (Å²) in [5.74, 6) is 0.913. The number of ether oxygens (including phenoxy) is 2. The Morgan fingerprint density at radius 2 is 1.80 bits per heavy atom. The van der Waals surface area contributed by atoms with Crippen LogP contribution in [0.3, 0.4) is 0 Å². The van der Waals surface area contributed by atoms with Gasteiger partial charge in [0.1, 0.15) is 0 Å². The predicted octanol–water partition coefficient (Wildman–Crippen LogP) is 3.32. The van der Waals surface area contributed by atoms with E-state index in [9.17, 15) is 9.59 Å². The smallest absolute Gasteiger partial charge is 0.322 e. The van der Waals surface area contributed by atoms with Crippen LogP contribution in [-0.2, 0) is 4.79 Å². The number of nitrogens with one attached hydrogen (secondary N) is 1. The Kier molecular flexibility index (Phi) is 4.89. The van der Waals surface area contributed by atoms with Gasteiger partial charge < -0.3 is 19.7 Å². The molecule has 0 aromatic heterocycles. The maximum absolute atomic E-state index is 13.5. The van der Waals surface area contributed by atoms with Crippen molar-refractivity contribution in [1.82, 2.24) is 10.2 Å². The zero-order valence-electron chi connectivity index (χ0n) is 17.8. The van der Waals surface area contributed by atoms with Crippen LogP contribution < -0.4 is 19.7 Å². The number of hydrogen-bond acceptors (Lipinski definition) is 4. The molecule has 0 fully saturated rings. The minimum atomic E-state index is -0.627. The lowest BCUT2D eigenvalue weighted by Crippen LogP contribution is -2.45. The van der Waals surface area contributed by atoms with E-state index in [1.165, 1.54) is 4.90 Å². The van der Waals surface area contributed by atoms with E-state index in [1.807, 2.05) is 44.2 Å². The number of hydrogen-bond donors (Lipinski definition) is 1. The molecule has 3 amide bonds. The van der Waals surface area contributed by atoms with Crippen LogP contribution in [0.5, 0.6) is 11.5 Å². The zero-order chi connectivity index (χ0) is 21.6. The van der Waals surface area contributed by atoms with Crippen LogP contribution in [0.25, 0.3) is 0 Å². The Hall–Kier alpha value is -3.48. The van der Waals surface area contributed by atoms with E-state index in [4.69, 9.17) is 9.47 Å². The highest BCUT2D eigenvalue weighted by Gasteiger charge is 2.44. The van der Waals surface area contributed by atoms with Crippen LogP contribution >= 0.6 is 0 Å². The van der Waals surface area contributed by atoms with Crippen molar-refractivity contribution in [3.63, 3.8) is 0 Å². The summed E-state index contributed by atoms with van der Waals surface area (Å²) in [7, 11) is 4.79. The van der Waals surface area contributed by atoms with Crippen molar-refractivity contribution in [2.75, 3.05) is 32.7 Å². The number of methoxy groups -OCH3 is 2. The summed E-state index contributed by atoms with van der Waals surface area (Å²) in [6.07, 6.45) is 0. The second-order valence-corrected chi connectivity index (χ2v) is 7.54. The molecule has 7 nitrogen and oxygen atoms in total. The molecular weight excluding hydrogens is 382 g/mol. The average Bonchev–Trinajstić information content (AvgIpc) is 3.09. The van der Waals surface area contributed by atoms with Crippen molar-refractivity contribution in [2.24, 2.45) is 0 Å². The van der Waals surface area contributed by atoms with Gasteiger partial charge in [-0.05, 0) is 43.2 Å². The van der Waals surface area contributed by atoms with Gasteiger partial charge in [0, 0.05) is 18.3 Å². The lowest BCUT2D eigenvalue weighted by atomic mass is 9.94. The summed E-state index contributed by atoms with van der Waals surface area (Å²) in [4.78, 5) is 29.5. The molecule has 2 aliphatic heterocycles. The standard InChI is InChI=1S/C23H25N3O4/c1-13-9-10-15(11-14(13)2)26-12-17-19(22(26)27)20(24-23(28)25(17)3)16-7-6-8-18(29-4)21(16)30-5/h6-11,20H,12H2,1-5H3,(H,24,28). The van der Waals surface area contributed by atoms with E-state index < -0.39 is 6.04 Å². The molecule has 30 heavy (non-hydrogen) atoms. The van der Waals surface area contributed by atoms with Crippen LogP contribution in [0.15, 0.2) is 47.7 Å². The minimum Gasteiger partial charge on any atom is -0.493 e. The first-order chi connectivity index (χ1) is 14.4. The molecule has 1 atom stereocenters. The summed E-state index contributed by atoms with van der Waals surface area (Å²) in [5, 5.41) is 2.95. The average molecular weight is 407 g/mol. The van der Waals surface area contributed by atoms with E-state index in [2.05, 4.69) is 5.32 Å². The highest BCUT2D eigenvalue weighted by molar-refractivity contribution is 6.12. The number of aryl methyl sites for hydroxylation is 2. The van der Waals surface area contributed by atoms with Crippen molar-refractivity contribution >= 4 is 17.6 Å². The monoisotopic (exact) mass is 407 g/mol. The molecule has 0 radical (unpaired) electrons. The van der Waals surface area contributed by atoms with Crippen LogP contribution in [0.2, 0.25) is 0 Å². The third-order valence-corrected chi connectivity index (χ3v) is 5.91. The van der Waals surface area contributed by atoms with Gasteiger partial charge in [0.2, 0.25) is 0 Å². The summed E-state index contributed by atoms with van der Waals surface area (Å²) in [6, 6.07) is 10.5. The van der Waals surface area contributed by atoms with Gasteiger partial charge in [-0.3, -0.25) is 9.69 Å². The van der Waals surface area contributed by atoms with Crippen molar-refractivity contribution in [2.45, 2.75) is 19.9 Å². The second-order valence-electron chi connectivity index (χ2n) is 7.54. The highest BCUT2D eigenvalue weighted by Crippen LogP contribution is 2.43. The van der Waals surface area contributed by atoms with E-state index in [0.29, 0.717) is 34.9 Å². The Labute approximate surface area is 175 Å². The molecule has 156 valence electrons. The first-order valence-corrected chi connectivity index (χ1v) is 9.74. The number of likely N-dealkylation sites (N-methyl/N-ethyl adjacent to an activating group) is 1. The number of amides is 3.